The second-order valence-corrected chi connectivity index (χ2v) is 4.83. The summed E-state index contributed by atoms with van der Waals surface area (Å²) in [5.41, 5.74) is 5.91. The molecule has 2 heteroatoms. The predicted octanol–water partition coefficient (Wildman–Crippen LogP) is 4.16. The number of hydrogen-bond donors (Lipinski definition) is 0. The Morgan fingerprint density at radius 1 is 0.737 bits per heavy atom. The second kappa shape index (κ2) is 4.73. The second-order valence-electron chi connectivity index (χ2n) is 4.83. The molecular formula is C17H16N2. The van der Waals surface area contributed by atoms with Crippen molar-refractivity contribution >= 4 is 0 Å². The zero-order valence-electron chi connectivity index (χ0n) is 11.2. The fraction of sp³-hybridized carbons (Fsp3) is 0.118. The van der Waals surface area contributed by atoms with Gasteiger partial charge in [-0.15, -0.1) is 0 Å². The first-order chi connectivity index (χ1) is 9.24. The maximum Gasteiger partial charge on any atom is 0.0740 e. The van der Waals surface area contributed by atoms with Gasteiger partial charge in [-0.3, -0.25) is 0 Å². The normalized spacial score (nSPS) is 10.6. The van der Waals surface area contributed by atoms with E-state index in [0.29, 0.717) is 0 Å². The van der Waals surface area contributed by atoms with Gasteiger partial charge in [0.25, 0.3) is 0 Å². The monoisotopic (exact) mass is 248 g/mol. The van der Waals surface area contributed by atoms with Gasteiger partial charge in [-0.05, 0) is 32.0 Å². The van der Waals surface area contributed by atoms with Crippen molar-refractivity contribution in [1.82, 2.24) is 9.78 Å². The van der Waals surface area contributed by atoms with Crippen molar-refractivity contribution in [2.24, 2.45) is 0 Å². The molecular weight excluding hydrogens is 232 g/mol. The molecule has 0 fully saturated rings. The summed E-state index contributed by atoms with van der Waals surface area (Å²) in [7, 11) is 0. The summed E-state index contributed by atoms with van der Waals surface area (Å²) in [6, 6.07) is 19.0. The highest BCUT2D eigenvalue weighted by molar-refractivity contribution is 5.62. The number of rotatable bonds is 2. The Bertz CT molecular complexity index is 616. The maximum absolute atomic E-state index is 4.43. The number of aryl methyl sites for hydroxylation is 2. The largest absolute Gasteiger partial charge is 0.233 e. The molecule has 1 heterocycles. The van der Waals surface area contributed by atoms with Crippen molar-refractivity contribution in [3.63, 3.8) is 0 Å². The van der Waals surface area contributed by atoms with E-state index in [4.69, 9.17) is 0 Å². The molecule has 0 unspecified atom stereocenters. The Labute approximate surface area is 113 Å². The lowest BCUT2D eigenvalue weighted by molar-refractivity contribution is 0.887. The van der Waals surface area contributed by atoms with Crippen LogP contribution in [0.3, 0.4) is 0 Å². The van der Waals surface area contributed by atoms with Crippen LogP contribution in [0.15, 0.2) is 60.8 Å². The van der Waals surface area contributed by atoms with Gasteiger partial charge in [-0.25, -0.2) is 4.68 Å². The molecule has 0 atom stereocenters. The predicted molar refractivity (Wildman–Crippen MR) is 78.5 cm³/mol. The lowest BCUT2D eigenvalue weighted by atomic mass is 10.1. The van der Waals surface area contributed by atoms with E-state index >= 15 is 0 Å². The summed E-state index contributed by atoms with van der Waals surface area (Å²) >= 11 is 0. The van der Waals surface area contributed by atoms with E-state index in [1.807, 2.05) is 16.9 Å². The number of nitrogens with zero attached hydrogens (tertiary/aromatic N) is 2. The fourth-order valence-corrected chi connectivity index (χ4v) is 2.14. The first kappa shape index (κ1) is 11.7. The fourth-order valence-electron chi connectivity index (χ4n) is 2.14. The van der Waals surface area contributed by atoms with E-state index in [0.717, 1.165) is 11.4 Å². The Morgan fingerprint density at radius 3 is 1.95 bits per heavy atom. The van der Waals surface area contributed by atoms with Crippen molar-refractivity contribution in [3.05, 3.63) is 71.9 Å². The number of benzene rings is 2. The third-order valence-corrected chi connectivity index (χ3v) is 3.27. The van der Waals surface area contributed by atoms with E-state index in [1.54, 1.807) is 0 Å². The van der Waals surface area contributed by atoms with Crippen molar-refractivity contribution in [3.8, 4) is 16.9 Å². The Balaban J connectivity index is 2.07. The van der Waals surface area contributed by atoms with Gasteiger partial charge in [0.05, 0.1) is 17.6 Å². The van der Waals surface area contributed by atoms with Crippen LogP contribution in [0.25, 0.3) is 16.9 Å². The molecule has 0 bridgehead atoms. The molecule has 94 valence electrons. The lowest BCUT2D eigenvalue weighted by Crippen LogP contribution is -1.98. The highest BCUT2D eigenvalue weighted by atomic mass is 15.3. The molecule has 3 aromatic rings. The third kappa shape index (κ3) is 2.29. The molecule has 0 amide bonds. The van der Waals surface area contributed by atoms with Crippen LogP contribution in [0, 0.1) is 13.8 Å². The minimum Gasteiger partial charge on any atom is -0.233 e. The van der Waals surface area contributed by atoms with Gasteiger partial charge in [0, 0.05) is 5.56 Å². The highest BCUT2D eigenvalue weighted by Gasteiger charge is 2.06. The van der Waals surface area contributed by atoms with Crippen LogP contribution < -0.4 is 0 Å². The average Bonchev–Trinajstić information content (AvgIpc) is 2.90. The van der Waals surface area contributed by atoms with E-state index in [-0.39, 0.29) is 0 Å². The molecule has 2 nitrogen and oxygen atoms in total. The average molecular weight is 248 g/mol. The smallest absolute Gasteiger partial charge is 0.0740 e. The summed E-state index contributed by atoms with van der Waals surface area (Å²) < 4.78 is 1.98. The van der Waals surface area contributed by atoms with Gasteiger partial charge in [0.1, 0.15) is 0 Å². The zero-order chi connectivity index (χ0) is 13.2. The molecule has 0 spiro atoms. The Kier molecular flexibility index (Phi) is 2.92. The Morgan fingerprint density at radius 2 is 1.32 bits per heavy atom. The van der Waals surface area contributed by atoms with E-state index in [2.05, 4.69) is 67.5 Å². The molecule has 0 saturated heterocycles. The molecule has 2 aromatic carbocycles. The van der Waals surface area contributed by atoms with E-state index < -0.39 is 0 Å². The minimum atomic E-state index is 1.09. The molecule has 0 aliphatic carbocycles. The van der Waals surface area contributed by atoms with Crippen LogP contribution in [-0.4, -0.2) is 9.78 Å². The van der Waals surface area contributed by atoms with Gasteiger partial charge in [-0.1, -0.05) is 47.5 Å². The summed E-state index contributed by atoms with van der Waals surface area (Å²) in [5.74, 6) is 0. The number of aromatic nitrogens is 2. The van der Waals surface area contributed by atoms with Gasteiger partial charge < -0.3 is 0 Å². The van der Waals surface area contributed by atoms with Crippen molar-refractivity contribution in [2.45, 2.75) is 13.8 Å². The van der Waals surface area contributed by atoms with E-state index in [9.17, 15) is 0 Å². The van der Waals surface area contributed by atoms with Crippen LogP contribution in [0.1, 0.15) is 11.1 Å². The molecule has 0 N–H and O–H groups in total. The number of hydrogen-bond acceptors (Lipinski definition) is 1. The van der Waals surface area contributed by atoms with Crippen molar-refractivity contribution in [1.29, 1.82) is 0 Å². The van der Waals surface area contributed by atoms with Crippen LogP contribution in [0.5, 0.6) is 0 Å². The summed E-state index contributed by atoms with van der Waals surface area (Å²) in [5, 5.41) is 4.43. The molecule has 0 aliphatic heterocycles. The van der Waals surface area contributed by atoms with Crippen molar-refractivity contribution < 1.29 is 0 Å². The van der Waals surface area contributed by atoms with Crippen LogP contribution >= 0.6 is 0 Å². The molecule has 3 rings (SSSR count). The van der Waals surface area contributed by atoms with Crippen molar-refractivity contribution in [2.75, 3.05) is 0 Å². The molecule has 0 radical (unpaired) electrons. The van der Waals surface area contributed by atoms with Crippen LogP contribution in [0.2, 0.25) is 0 Å². The van der Waals surface area contributed by atoms with Gasteiger partial charge in [0.15, 0.2) is 0 Å². The van der Waals surface area contributed by atoms with Gasteiger partial charge >= 0.3 is 0 Å². The first-order valence-electron chi connectivity index (χ1n) is 6.42. The third-order valence-electron chi connectivity index (χ3n) is 3.27. The molecule has 19 heavy (non-hydrogen) atoms. The van der Waals surface area contributed by atoms with Gasteiger partial charge in [0.2, 0.25) is 0 Å². The molecule has 1 aromatic heterocycles. The van der Waals surface area contributed by atoms with Crippen LogP contribution in [-0.2, 0) is 0 Å². The summed E-state index contributed by atoms with van der Waals surface area (Å²) in [4.78, 5) is 0. The Hall–Kier alpha value is -2.35. The topological polar surface area (TPSA) is 17.8 Å². The minimum absolute atomic E-state index is 1.09. The SMILES string of the molecule is Cc1ccc(-c2ccnn2-c2ccc(C)cc2)cc1. The van der Waals surface area contributed by atoms with Crippen LogP contribution in [0.4, 0.5) is 0 Å². The lowest BCUT2D eigenvalue weighted by Gasteiger charge is -2.08. The summed E-state index contributed by atoms with van der Waals surface area (Å²) in [6.07, 6.45) is 1.84. The quantitative estimate of drug-likeness (QED) is 0.666. The zero-order valence-corrected chi connectivity index (χ0v) is 11.2. The van der Waals surface area contributed by atoms with Gasteiger partial charge in [-0.2, -0.15) is 5.10 Å². The highest BCUT2D eigenvalue weighted by Crippen LogP contribution is 2.22. The summed E-state index contributed by atoms with van der Waals surface area (Å²) in [6.45, 7) is 4.19. The maximum atomic E-state index is 4.43. The molecule has 0 aliphatic rings. The molecule has 0 saturated carbocycles. The van der Waals surface area contributed by atoms with E-state index in [1.165, 1.54) is 16.7 Å². The first-order valence-corrected chi connectivity index (χ1v) is 6.42. The standard InChI is InChI=1S/C17H16N2/c1-13-3-7-15(8-4-13)17-11-12-18-19(17)16-9-5-14(2)6-10-16/h3-12H,1-2H3.